The third-order valence-electron chi connectivity index (χ3n) is 7.55. The lowest BCUT2D eigenvalue weighted by Gasteiger charge is -2.79. The standard InChI is InChI=1S/C20H10Cl6O2/c21-11-3-1-9(2-4-11)15-8-17(23)13(27)18(24)12-7-10(15)5-6-16(12,22)20(18,26)14(28)19(15,17)25/h1-7,12H,8H2/t12-,15+,16+,17-,18+,19-,20+/m1/s1. The van der Waals surface area contributed by atoms with Gasteiger partial charge in [-0.1, -0.05) is 42.0 Å². The maximum atomic E-state index is 13.9. The molecule has 8 heteroatoms. The van der Waals surface area contributed by atoms with Gasteiger partial charge < -0.3 is 0 Å². The average Bonchev–Trinajstić information content (AvgIpc) is 2.68. The molecule has 0 aromatic heterocycles. The van der Waals surface area contributed by atoms with Crippen molar-refractivity contribution < 1.29 is 9.59 Å². The summed E-state index contributed by atoms with van der Waals surface area (Å²) in [5.41, 5.74) is 0.484. The normalized spacial score (nSPS) is 54.6. The SMILES string of the molecule is O=C1[C@@]2(Cl)[C@@]3(Cl)C(=O)[C@]4(Cl)C[C@](c5ccc(Cl)cc5)(C5=C[C@@H]3[C@@]2(Cl)C=C5)[C@]14Cl. The first-order chi connectivity index (χ1) is 13.0. The zero-order valence-corrected chi connectivity index (χ0v) is 18.4. The van der Waals surface area contributed by atoms with Gasteiger partial charge in [-0.25, -0.2) is 0 Å². The summed E-state index contributed by atoms with van der Waals surface area (Å²) in [6.07, 6.45) is 5.51. The van der Waals surface area contributed by atoms with Crippen LogP contribution < -0.4 is 0 Å². The van der Waals surface area contributed by atoms with Gasteiger partial charge in [-0.05, 0) is 29.7 Å². The van der Waals surface area contributed by atoms with Crippen LogP contribution in [0.5, 0.6) is 0 Å². The molecule has 3 saturated carbocycles. The summed E-state index contributed by atoms with van der Waals surface area (Å²) in [5, 5.41) is 0.543. The van der Waals surface area contributed by atoms with Crippen molar-refractivity contribution in [3.63, 3.8) is 0 Å². The number of carbonyl (C=O) groups excluding carboxylic acids is 2. The highest BCUT2D eigenvalue weighted by Gasteiger charge is 2.98. The largest absolute Gasteiger partial charge is 0.296 e. The van der Waals surface area contributed by atoms with Crippen LogP contribution in [0.25, 0.3) is 0 Å². The second kappa shape index (κ2) is 4.66. The number of Topliss-reactive ketones (excluding diaryl/α,β-unsaturated/α-hetero) is 2. The molecule has 0 saturated heterocycles. The highest BCUT2D eigenvalue weighted by atomic mass is 35.5. The molecule has 0 amide bonds. The number of hydrogen-bond donors (Lipinski definition) is 0. The Morgan fingerprint density at radius 3 is 2.18 bits per heavy atom. The fraction of sp³-hybridized carbons (Fsp3) is 0.400. The molecule has 0 heterocycles. The van der Waals surface area contributed by atoms with Gasteiger partial charge >= 0.3 is 0 Å². The van der Waals surface area contributed by atoms with Gasteiger partial charge in [0.2, 0.25) is 0 Å². The molecule has 7 atom stereocenters. The molecule has 1 aromatic carbocycles. The predicted molar refractivity (Wildman–Crippen MR) is 111 cm³/mol. The predicted octanol–water partition coefficient (Wildman–Crippen LogP) is 5.16. The van der Waals surface area contributed by atoms with E-state index in [0.717, 1.165) is 11.1 Å². The van der Waals surface area contributed by atoms with Gasteiger partial charge in [-0.15, -0.1) is 58.0 Å². The summed E-state index contributed by atoms with van der Waals surface area (Å²) in [6.45, 7) is 0. The molecule has 28 heavy (non-hydrogen) atoms. The van der Waals surface area contributed by atoms with Gasteiger partial charge in [0, 0.05) is 10.9 Å². The van der Waals surface area contributed by atoms with Gasteiger partial charge in [0.15, 0.2) is 16.4 Å². The molecular formula is C20H10Cl6O2. The smallest absolute Gasteiger partial charge is 0.182 e. The average molecular weight is 495 g/mol. The van der Waals surface area contributed by atoms with Crippen LogP contribution in [0.2, 0.25) is 5.02 Å². The third kappa shape index (κ3) is 1.31. The lowest BCUT2D eigenvalue weighted by atomic mass is 9.31. The third-order valence-corrected chi connectivity index (χ3v) is 11.6. The van der Waals surface area contributed by atoms with Crippen molar-refractivity contribution in [1.82, 2.24) is 0 Å². The zero-order chi connectivity index (χ0) is 20.1. The molecule has 0 N–H and O–H groups in total. The van der Waals surface area contributed by atoms with Crippen LogP contribution in [0.3, 0.4) is 0 Å². The van der Waals surface area contributed by atoms with Crippen LogP contribution in [-0.4, -0.2) is 35.9 Å². The van der Waals surface area contributed by atoms with E-state index in [1.807, 2.05) is 12.2 Å². The van der Waals surface area contributed by atoms with Crippen molar-refractivity contribution in [3.8, 4) is 0 Å². The summed E-state index contributed by atoms with van der Waals surface area (Å²) in [4.78, 5) is 19.1. The summed E-state index contributed by atoms with van der Waals surface area (Å²) in [6, 6.07) is 7.04. The van der Waals surface area contributed by atoms with Gasteiger partial charge in [-0.2, -0.15) is 0 Å². The van der Waals surface area contributed by atoms with E-state index in [4.69, 9.17) is 69.6 Å². The van der Waals surface area contributed by atoms with Crippen molar-refractivity contribution in [1.29, 1.82) is 0 Å². The Balaban J connectivity index is 1.77. The Labute approximate surface area is 190 Å². The quantitative estimate of drug-likeness (QED) is 0.505. The fourth-order valence-corrected chi connectivity index (χ4v) is 9.41. The Hall–Kier alpha value is -0.220. The molecule has 9 rings (SSSR count). The summed E-state index contributed by atoms with van der Waals surface area (Å²) in [5.74, 6) is -1.77. The van der Waals surface area contributed by atoms with Crippen LogP contribution >= 0.6 is 69.6 Å². The minimum absolute atomic E-state index is 0.136. The molecule has 0 unspecified atom stereocenters. The molecule has 144 valence electrons. The van der Waals surface area contributed by atoms with E-state index in [2.05, 4.69) is 0 Å². The molecule has 0 spiro atoms. The second-order valence-corrected chi connectivity index (χ2v) is 11.7. The zero-order valence-electron chi connectivity index (χ0n) is 13.9. The number of halogens is 6. The van der Waals surface area contributed by atoms with Gasteiger partial charge in [0.25, 0.3) is 0 Å². The Kier molecular flexibility index (Phi) is 3.09. The second-order valence-electron chi connectivity index (χ2n) is 8.28. The molecule has 8 bridgehead atoms. The highest BCUT2D eigenvalue weighted by molar-refractivity contribution is 6.68. The summed E-state index contributed by atoms with van der Waals surface area (Å²) < 4.78 is 0. The number of hydrogen-bond acceptors (Lipinski definition) is 2. The van der Waals surface area contributed by atoms with Crippen molar-refractivity contribution in [2.75, 3.05) is 0 Å². The topological polar surface area (TPSA) is 34.1 Å². The first kappa shape index (κ1) is 18.5. The van der Waals surface area contributed by atoms with E-state index in [1.54, 1.807) is 30.3 Å². The lowest BCUT2D eigenvalue weighted by molar-refractivity contribution is -0.161. The van der Waals surface area contributed by atoms with Crippen molar-refractivity contribution in [2.24, 2.45) is 5.92 Å². The van der Waals surface area contributed by atoms with E-state index in [1.165, 1.54) is 0 Å². The Morgan fingerprint density at radius 2 is 1.54 bits per heavy atom. The van der Waals surface area contributed by atoms with Gasteiger partial charge in [0.05, 0.1) is 10.3 Å². The first-order valence-electron chi connectivity index (χ1n) is 8.68. The van der Waals surface area contributed by atoms with Crippen molar-refractivity contribution in [3.05, 3.63) is 58.7 Å². The molecule has 0 radical (unpaired) electrons. The van der Waals surface area contributed by atoms with Crippen LogP contribution in [0, 0.1) is 5.92 Å². The van der Waals surface area contributed by atoms with E-state index >= 15 is 0 Å². The van der Waals surface area contributed by atoms with E-state index in [-0.39, 0.29) is 6.42 Å². The van der Waals surface area contributed by atoms with Crippen molar-refractivity contribution >= 4 is 81.2 Å². The van der Waals surface area contributed by atoms with Crippen LogP contribution in [0.15, 0.2) is 48.1 Å². The molecular weight excluding hydrogens is 485 g/mol. The Bertz CT molecular complexity index is 1100. The maximum Gasteiger partial charge on any atom is 0.182 e. The molecule has 0 aliphatic heterocycles. The summed E-state index contributed by atoms with van der Waals surface area (Å²) >= 11 is 40.5. The van der Waals surface area contributed by atoms with Gasteiger partial charge in [-0.3, -0.25) is 9.59 Å². The van der Waals surface area contributed by atoms with E-state index in [9.17, 15) is 9.59 Å². The summed E-state index contributed by atoms with van der Waals surface area (Å²) in [7, 11) is 0. The first-order valence-corrected chi connectivity index (χ1v) is 10.9. The van der Waals surface area contributed by atoms with Crippen molar-refractivity contribution in [2.45, 2.75) is 36.2 Å². The molecule has 2 nitrogen and oxygen atoms in total. The minimum Gasteiger partial charge on any atom is -0.296 e. The number of alkyl halides is 5. The van der Waals surface area contributed by atoms with Gasteiger partial charge in [0.1, 0.15) is 14.6 Å². The van der Waals surface area contributed by atoms with E-state index in [0.29, 0.717) is 5.02 Å². The Morgan fingerprint density at radius 1 is 0.893 bits per heavy atom. The lowest BCUT2D eigenvalue weighted by Crippen LogP contribution is -2.98. The number of carbonyl (C=O) groups is 2. The number of rotatable bonds is 1. The number of allylic oxidation sites excluding steroid dienone is 4. The maximum absolute atomic E-state index is 13.9. The van der Waals surface area contributed by atoms with Crippen LogP contribution in [0.4, 0.5) is 0 Å². The number of benzene rings is 1. The molecule has 1 aromatic rings. The molecule has 8 aliphatic rings. The molecule has 8 aliphatic carbocycles. The number of ketones is 2. The van der Waals surface area contributed by atoms with Crippen LogP contribution in [0.1, 0.15) is 12.0 Å². The fourth-order valence-electron chi connectivity index (χ4n) is 6.22. The monoisotopic (exact) mass is 492 g/mol. The highest BCUT2D eigenvalue weighted by Crippen LogP contribution is 2.83. The van der Waals surface area contributed by atoms with Crippen LogP contribution in [-0.2, 0) is 15.0 Å². The minimum atomic E-state index is -1.89. The molecule has 3 fully saturated rings. The van der Waals surface area contributed by atoms with E-state index < -0.39 is 47.3 Å².